The lowest BCUT2D eigenvalue weighted by atomic mass is 10.2. The van der Waals surface area contributed by atoms with Gasteiger partial charge in [-0.15, -0.1) is 0 Å². The lowest BCUT2D eigenvalue weighted by Crippen LogP contribution is -2.19. The number of aromatic hydroxyl groups is 1. The first-order valence-electron chi connectivity index (χ1n) is 4.80. The van der Waals surface area contributed by atoms with E-state index in [0.717, 1.165) is 0 Å². The summed E-state index contributed by atoms with van der Waals surface area (Å²) in [6.07, 6.45) is 1.55. The number of halogens is 1. The minimum absolute atomic E-state index is 0.241. The molecule has 0 amide bonds. The van der Waals surface area contributed by atoms with Crippen LogP contribution in [0.1, 0.15) is 5.56 Å². The molecule has 1 heterocycles. The van der Waals surface area contributed by atoms with Gasteiger partial charge in [0, 0.05) is 6.20 Å². The molecule has 3 nitrogen and oxygen atoms in total. The van der Waals surface area contributed by atoms with E-state index in [1.165, 1.54) is 22.8 Å². The van der Waals surface area contributed by atoms with Gasteiger partial charge in [-0.05, 0) is 29.8 Å². The zero-order valence-corrected chi connectivity index (χ0v) is 8.43. The largest absolute Gasteiger partial charge is 0.503 e. The van der Waals surface area contributed by atoms with Gasteiger partial charge < -0.3 is 9.67 Å². The molecule has 2 aromatic rings. The van der Waals surface area contributed by atoms with Crippen LogP contribution in [0.5, 0.6) is 5.75 Å². The highest BCUT2D eigenvalue weighted by Gasteiger charge is 2.02. The first-order chi connectivity index (χ1) is 7.66. The van der Waals surface area contributed by atoms with Gasteiger partial charge in [-0.2, -0.15) is 0 Å². The molecule has 0 aliphatic rings. The Hall–Kier alpha value is -2.10. The van der Waals surface area contributed by atoms with E-state index >= 15 is 0 Å². The fraction of sp³-hybridized carbons (Fsp3) is 0.0833. The summed E-state index contributed by atoms with van der Waals surface area (Å²) in [6, 6.07) is 8.89. The molecule has 0 saturated carbocycles. The Kier molecular flexibility index (Phi) is 2.72. The van der Waals surface area contributed by atoms with E-state index in [9.17, 15) is 14.3 Å². The third-order valence-electron chi connectivity index (χ3n) is 2.24. The van der Waals surface area contributed by atoms with Crippen LogP contribution in [0, 0.1) is 5.82 Å². The van der Waals surface area contributed by atoms with Crippen molar-refractivity contribution in [1.82, 2.24) is 4.57 Å². The number of nitrogens with zero attached hydrogens (tertiary/aromatic N) is 1. The van der Waals surface area contributed by atoms with Crippen molar-refractivity contribution in [3.63, 3.8) is 0 Å². The third-order valence-corrected chi connectivity index (χ3v) is 2.24. The van der Waals surface area contributed by atoms with E-state index in [-0.39, 0.29) is 18.1 Å². The van der Waals surface area contributed by atoms with Crippen molar-refractivity contribution in [3.8, 4) is 5.75 Å². The second-order valence-electron chi connectivity index (χ2n) is 3.46. The summed E-state index contributed by atoms with van der Waals surface area (Å²) in [5.74, 6) is -0.649. The maximum Gasteiger partial charge on any atom is 0.292 e. The van der Waals surface area contributed by atoms with Crippen LogP contribution in [-0.2, 0) is 6.54 Å². The van der Waals surface area contributed by atoms with Crippen LogP contribution in [0.25, 0.3) is 0 Å². The summed E-state index contributed by atoms with van der Waals surface area (Å²) in [4.78, 5) is 11.5. The highest BCUT2D eigenvalue weighted by atomic mass is 19.1. The van der Waals surface area contributed by atoms with Crippen LogP contribution in [0.3, 0.4) is 0 Å². The predicted molar refractivity (Wildman–Crippen MR) is 57.9 cm³/mol. The summed E-state index contributed by atoms with van der Waals surface area (Å²) in [5.41, 5.74) is 0.194. The summed E-state index contributed by atoms with van der Waals surface area (Å²) < 4.78 is 14.2. The van der Waals surface area contributed by atoms with Gasteiger partial charge in [0.15, 0.2) is 5.75 Å². The van der Waals surface area contributed by atoms with Crippen molar-refractivity contribution >= 4 is 0 Å². The molecule has 0 atom stereocenters. The Morgan fingerprint density at radius 2 is 2.06 bits per heavy atom. The SMILES string of the molecule is O=c1c(O)cccn1Cc1cccc(F)c1. The molecule has 2 rings (SSSR count). The normalized spacial score (nSPS) is 10.3. The van der Waals surface area contributed by atoms with Gasteiger partial charge in [0.25, 0.3) is 5.56 Å². The maximum atomic E-state index is 12.9. The van der Waals surface area contributed by atoms with Gasteiger partial charge in [-0.3, -0.25) is 4.79 Å². The van der Waals surface area contributed by atoms with Crippen LogP contribution in [0.4, 0.5) is 4.39 Å². The van der Waals surface area contributed by atoms with E-state index in [1.54, 1.807) is 24.4 Å². The van der Waals surface area contributed by atoms with E-state index in [0.29, 0.717) is 5.56 Å². The van der Waals surface area contributed by atoms with Gasteiger partial charge in [-0.1, -0.05) is 12.1 Å². The molecule has 4 heteroatoms. The van der Waals surface area contributed by atoms with Crippen LogP contribution >= 0.6 is 0 Å². The van der Waals surface area contributed by atoms with Crippen molar-refractivity contribution in [1.29, 1.82) is 0 Å². The zero-order valence-electron chi connectivity index (χ0n) is 8.43. The van der Waals surface area contributed by atoms with Crippen molar-refractivity contribution in [2.75, 3.05) is 0 Å². The summed E-state index contributed by atoms with van der Waals surface area (Å²) >= 11 is 0. The summed E-state index contributed by atoms with van der Waals surface area (Å²) in [5, 5.41) is 9.23. The molecule has 0 bridgehead atoms. The van der Waals surface area contributed by atoms with E-state index in [2.05, 4.69) is 0 Å². The second-order valence-corrected chi connectivity index (χ2v) is 3.46. The van der Waals surface area contributed by atoms with Crippen LogP contribution in [-0.4, -0.2) is 9.67 Å². The molecule has 0 unspecified atom stereocenters. The number of aromatic nitrogens is 1. The molecule has 1 aromatic heterocycles. The maximum absolute atomic E-state index is 12.9. The molecule has 1 N–H and O–H groups in total. The van der Waals surface area contributed by atoms with Gasteiger partial charge in [0.2, 0.25) is 0 Å². The molecule has 0 spiro atoms. The fourth-order valence-electron chi connectivity index (χ4n) is 1.48. The van der Waals surface area contributed by atoms with Gasteiger partial charge >= 0.3 is 0 Å². The van der Waals surface area contributed by atoms with E-state index < -0.39 is 5.56 Å². The van der Waals surface area contributed by atoms with Gasteiger partial charge in [0.1, 0.15) is 5.82 Å². The molecule has 0 fully saturated rings. The highest BCUT2D eigenvalue weighted by Crippen LogP contribution is 2.06. The molecule has 0 saturated heterocycles. The van der Waals surface area contributed by atoms with Crippen LogP contribution < -0.4 is 5.56 Å². The Bertz CT molecular complexity index is 563. The van der Waals surface area contributed by atoms with Crippen molar-refractivity contribution in [2.45, 2.75) is 6.54 Å². The second kappa shape index (κ2) is 4.18. The molecular formula is C12H10FNO2. The van der Waals surface area contributed by atoms with Crippen molar-refractivity contribution < 1.29 is 9.50 Å². The summed E-state index contributed by atoms with van der Waals surface area (Å²) in [6.45, 7) is 0.241. The topological polar surface area (TPSA) is 42.2 Å². The number of hydrogen-bond acceptors (Lipinski definition) is 2. The molecule has 0 radical (unpaired) electrons. The quantitative estimate of drug-likeness (QED) is 0.835. The zero-order chi connectivity index (χ0) is 11.5. The predicted octanol–water partition coefficient (Wildman–Crippen LogP) is 1.74. The molecule has 0 aliphatic heterocycles. The fourth-order valence-corrected chi connectivity index (χ4v) is 1.48. The first-order valence-corrected chi connectivity index (χ1v) is 4.80. The van der Waals surface area contributed by atoms with Crippen molar-refractivity contribution in [2.24, 2.45) is 0 Å². The molecule has 0 aliphatic carbocycles. The minimum Gasteiger partial charge on any atom is -0.503 e. The lowest BCUT2D eigenvalue weighted by Gasteiger charge is -2.05. The standard InChI is InChI=1S/C12H10FNO2/c13-10-4-1-3-9(7-10)8-14-6-2-5-11(15)12(14)16/h1-7,15H,8H2. The first kappa shape index (κ1) is 10.4. The van der Waals surface area contributed by atoms with Gasteiger partial charge in [-0.25, -0.2) is 4.39 Å². The Morgan fingerprint density at radius 1 is 1.25 bits per heavy atom. The minimum atomic E-state index is -0.480. The molecular weight excluding hydrogens is 209 g/mol. The smallest absolute Gasteiger partial charge is 0.292 e. The number of hydrogen-bond donors (Lipinski definition) is 1. The monoisotopic (exact) mass is 219 g/mol. The lowest BCUT2D eigenvalue weighted by molar-refractivity contribution is 0.459. The Morgan fingerprint density at radius 3 is 2.81 bits per heavy atom. The van der Waals surface area contributed by atoms with E-state index in [1.807, 2.05) is 0 Å². The number of rotatable bonds is 2. The average molecular weight is 219 g/mol. The Balaban J connectivity index is 2.34. The van der Waals surface area contributed by atoms with Crippen LogP contribution in [0.15, 0.2) is 47.4 Å². The number of pyridine rings is 1. The molecule has 82 valence electrons. The molecule has 1 aromatic carbocycles. The average Bonchev–Trinajstić information content (AvgIpc) is 2.25. The Labute approximate surface area is 91.4 Å². The molecule has 16 heavy (non-hydrogen) atoms. The summed E-state index contributed by atoms with van der Waals surface area (Å²) in [7, 11) is 0. The van der Waals surface area contributed by atoms with E-state index in [4.69, 9.17) is 0 Å². The third kappa shape index (κ3) is 2.11. The number of benzene rings is 1. The highest BCUT2D eigenvalue weighted by molar-refractivity contribution is 5.19. The van der Waals surface area contributed by atoms with Crippen molar-refractivity contribution in [3.05, 3.63) is 64.3 Å². The van der Waals surface area contributed by atoms with Gasteiger partial charge in [0.05, 0.1) is 6.54 Å². The van der Waals surface area contributed by atoms with Crippen LogP contribution in [0.2, 0.25) is 0 Å².